The van der Waals surface area contributed by atoms with Gasteiger partial charge in [-0.2, -0.15) is 0 Å². The zero-order chi connectivity index (χ0) is 17.1. The third-order valence-corrected chi connectivity index (χ3v) is 3.65. The highest BCUT2D eigenvalue weighted by atomic mass is 16.5. The Morgan fingerprint density at radius 3 is 2.25 bits per heavy atom. The van der Waals surface area contributed by atoms with Gasteiger partial charge in [0.15, 0.2) is 0 Å². The summed E-state index contributed by atoms with van der Waals surface area (Å²) >= 11 is 0. The van der Waals surface area contributed by atoms with Gasteiger partial charge in [0.2, 0.25) is 0 Å². The third kappa shape index (κ3) is 3.20. The summed E-state index contributed by atoms with van der Waals surface area (Å²) in [5.41, 5.74) is 1.04. The molecule has 3 rings (SSSR count). The van der Waals surface area contributed by atoms with Crippen molar-refractivity contribution in [3.05, 3.63) is 77.4 Å². The maximum absolute atomic E-state index is 11.5. The number of ether oxygens (including phenoxy) is 1. The highest BCUT2D eigenvalue weighted by Crippen LogP contribution is 2.28. The van der Waals surface area contributed by atoms with Crippen molar-refractivity contribution in [1.82, 2.24) is 0 Å². The minimum Gasteiger partial charge on any atom is -0.488 e. The van der Waals surface area contributed by atoms with Crippen molar-refractivity contribution in [2.75, 3.05) is 0 Å². The molecule has 0 spiro atoms. The quantitative estimate of drug-likeness (QED) is 0.746. The standard InChI is InChI=1S/C19H14O5/c20-18(21)14-7-6-13-10-17(16(19(22)23)9-15(13)8-14)24-11-12-4-2-1-3-5-12/h1-10H,11H2,(H,20,21)(H,22,23). The lowest BCUT2D eigenvalue weighted by atomic mass is 10.0. The van der Waals surface area contributed by atoms with Crippen molar-refractivity contribution in [3.63, 3.8) is 0 Å². The van der Waals surface area contributed by atoms with E-state index in [9.17, 15) is 14.7 Å². The second kappa shape index (κ2) is 6.42. The molecule has 0 saturated carbocycles. The van der Waals surface area contributed by atoms with Crippen LogP contribution < -0.4 is 4.74 Å². The van der Waals surface area contributed by atoms with E-state index in [1.807, 2.05) is 30.3 Å². The van der Waals surface area contributed by atoms with Gasteiger partial charge in [0.25, 0.3) is 0 Å². The van der Waals surface area contributed by atoms with Crippen molar-refractivity contribution >= 4 is 22.7 Å². The van der Waals surface area contributed by atoms with Gasteiger partial charge in [0, 0.05) is 0 Å². The van der Waals surface area contributed by atoms with Gasteiger partial charge in [-0.3, -0.25) is 0 Å². The maximum atomic E-state index is 11.5. The number of aromatic carboxylic acids is 2. The highest BCUT2D eigenvalue weighted by Gasteiger charge is 2.14. The fourth-order valence-corrected chi connectivity index (χ4v) is 2.43. The van der Waals surface area contributed by atoms with E-state index in [-0.39, 0.29) is 23.5 Å². The molecule has 24 heavy (non-hydrogen) atoms. The number of hydrogen-bond donors (Lipinski definition) is 2. The van der Waals surface area contributed by atoms with Crippen LogP contribution in [0.4, 0.5) is 0 Å². The first-order chi connectivity index (χ1) is 11.5. The zero-order valence-electron chi connectivity index (χ0n) is 12.6. The van der Waals surface area contributed by atoms with Gasteiger partial charge in [-0.15, -0.1) is 0 Å². The van der Waals surface area contributed by atoms with Crippen molar-refractivity contribution < 1.29 is 24.5 Å². The van der Waals surface area contributed by atoms with Crippen LogP contribution in [0.15, 0.2) is 60.7 Å². The average Bonchev–Trinajstić information content (AvgIpc) is 2.59. The molecule has 0 saturated heterocycles. The smallest absolute Gasteiger partial charge is 0.339 e. The Hall–Kier alpha value is -3.34. The molecule has 2 N–H and O–H groups in total. The van der Waals surface area contributed by atoms with E-state index in [4.69, 9.17) is 9.84 Å². The second-order valence-corrected chi connectivity index (χ2v) is 5.29. The summed E-state index contributed by atoms with van der Waals surface area (Å²) in [5, 5.41) is 19.7. The van der Waals surface area contributed by atoms with E-state index in [1.54, 1.807) is 12.1 Å². The van der Waals surface area contributed by atoms with E-state index in [0.29, 0.717) is 10.8 Å². The molecule has 0 aliphatic carbocycles. The minimum atomic E-state index is -1.12. The van der Waals surface area contributed by atoms with Crippen molar-refractivity contribution in [1.29, 1.82) is 0 Å². The fraction of sp³-hybridized carbons (Fsp3) is 0.0526. The van der Waals surface area contributed by atoms with E-state index in [1.165, 1.54) is 18.2 Å². The van der Waals surface area contributed by atoms with Crippen LogP contribution in [0.3, 0.4) is 0 Å². The van der Waals surface area contributed by atoms with Gasteiger partial charge in [-0.1, -0.05) is 36.4 Å². The maximum Gasteiger partial charge on any atom is 0.339 e. The molecule has 3 aromatic rings. The molecular formula is C19H14O5. The lowest BCUT2D eigenvalue weighted by Gasteiger charge is -2.11. The zero-order valence-corrected chi connectivity index (χ0v) is 12.6. The van der Waals surface area contributed by atoms with Gasteiger partial charge in [0.1, 0.15) is 17.9 Å². The molecule has 0 amide bonds. The van der Waals surface area contributed by atoms with Crippen molar-refractivity contribution in [2.24, 2.45) is 0 Å². The highest BCUT2D eigenvalue weighted by molar-refractivity contribution is 6.00. The number of carboxylic acids is 2. The van der Waals surface area contributed by atoms with Crippen molar-refractivity contribution in [3.8, 4) is 5.75 Å². The largest absolute Gasteiger partial charge is 0.488 e. The van der Waals surface area contributed by atoms with Crippen molar-refractivity contribution in [2.45, 2.75) is 6.61 Å². The Balaban J connectivity index is 1.99. The number of rotatable bonds is 5. The number of carboxylic acid groups (broad SMARTS) is 2. The molecule has 3 aromatic carbocycles. The lowest BCUT2D eigenvalue weighted by molar-refractivity contribution is 0.0684. The number of carbonyl (C=O) groups is 2. The third-order valence-electron chi connectivity index (χ3n) is 3.65. The molecule has 0 heterocycles. The van der Waals surface area contributed by atoms with Crippen LogP contribution in [0.2, 0.25) is 0 Å². The molecule has 0 atom stereocenters. The van der Waals surface area contributed by atoms with Gasteiger partial charge in [-0.25, -0.2) is 9.59 Å². The Kier molecular flexibility index (Phi) is 4.16. The molecule has 0 aliphatic rings. The topological polar surface area (TPSA) is 83.8 Å². The Morgan fingerprint density at radius 2 is 1.58 bits per heavy atom. The molecule has 5 nitrogen and oxygen atoms in total. The summed E-state index contributed by atoms with van der Waals surface area (Å²) in [5.74, 6) is -1.93. The van der Waals surface area contributed by atoms with Crippen LogP contribution >= 0.6 is 0 Å². The fourth-order valence-electron chi connectivity index (χ4n) is 2.43. The molecule has 5 heteroatoms. The van der Waals surface area contributed by atoms with E-state index in [2.05, 4.69) is 0 Å². The molecule has 0 bridgehead atoms. The first-order valence-corrected chi connectivity index (χ1v) is 7.26. The number of hydrogen-bond acceptors (Lipinski definition) is 3. The first kappa shape index (κ1) is 15.6. The normalized spacial score (nSPS) is 10.5. The van der Waals surface area contributed by atoms with E-state index < -0.39 is 11.9 Å². The summed E-state index contributed by atoms with van der Waals surface area (Å²) in [6.07, 6.45) is 0. The Labute approximate surface area is 137 Å². The molecule has 0 radical (unpaired) electrons. The summed E-state index contributed by atoms with van der Waals surface area (Å²) in [4.78, 5) is 22.5. The van der Waals surface area contributed by atoms with Gasteiger partial charge < -0.3 is 14.9 Å². The predicted molar refractivity (Wildman–Crippen MR) is 88.6 cm³/mol. The van der Waals surface area contributed by atoms with Crippen LogP contribution in [0.1, 0.15) is 26.3 Å². The van der Waals surface area contributed by atoms with Crippen LogP contribution in [0.5, 0.6) is 5.75 Å². The average molecular weight is 322 g/mol. The van der Waals surface area contributed by atoms with Gasteiger partial charge in [0.05, 0.1) is 5.56 Å². The second-order valence-electron chi connectivity index (χ2n) is 5.29. The summed E-state index contributed by atoms with van der Waals surface area (Å²) in [6.45, 7) is 0.250. The SMILES string of the molecule is O=C(O)c1ccc2cc(OCc3ccccc3)c(C(=O)O)cc2c1. The van der Waals surface area contributed by atoms with Gasteiger partial charge >= 0.3 is 11.9 Å². The van der Waals surface area contributed by atoms with Gasteiger partial charge in [-0.05, 0) is 40.6 Å². The number of benzene rings is 3. The summed E-state index contributed by atoms with van der Waals surface area (Å²) in [7, 11) is 0. The molecule has 0 aromatic heterocycles. The first-order valence-electron chi connectivity index (χ1n) is 7.26. The Bertz CT molecular complexity index is 916. The van der Waals surface area contributed by atoms with Crippen LogP contribution in [0.25, 0.3) is 10.8 Å². The molecule has 0 fully saturated rings. The van der Waals surface area contributed by atoms with Crippen LogP contribution in [0, 0.1) is 0 Å². The monoisotopic (exact) mass is 322 g/mol. The molecule has 120 valence electrons. The molecular weight excluding hydrogens is 308 g/mol. The predicted octanol–water partition coefficient (Wildman–Crippen LogP) is 3.82. The molecule has 0 unspecified atom stereocenters. The number of fused-ring (bicyclic) bond motifs is 1. The Morgan fingerprint density at radius 1 is 0.833 bits per heavy atom. The molecule has 0 aliphatic heterocycles. The summed E-state index contributed by atoms with van der Waals surface area (Å²) < 4.78 is 5.67. The minimum absolute atomic E-state index is 0.000898. The van der Waals surface area contributed by atoms with Crippen LogP contribution in [-0.2, 0) is 6.61 Å². The van der Waals surface area contributed by atoms with E-state index >= 15 is 0 Å². The lowest BCUT2D eigenvalue weighted by Crippen LogP contribution is -2.04. The van der Waals surface area contributed by atoms with Crippen LogP contribution in [-0.4, -0.2) is 22.2 Å². The summed E-state index contributed by atoms with van der Waals surface area (Å²) in [6, 6.07) is 17.0. The van der Waals surface area contributed by atoms with E-state index in [0.717, 1.165) is 5.56 Å².